The van der Waals surface area contributed by atoms with Gasteiger partial charge in [-0.15, -0.1) is 0 Å². The fourth-order valence-electron chi connectivity index (χ4n) is 2.97. The standard InChI is InChI=1S/C20H24N4O3S/c1-4-11-24(15-20-22-10-12-23(20)2)28(25,26)19-13-16(7-8-18(19)27-3)17-6-5-9-21-14-17/h5-10,12-14H,4,11,15H2,1-3H3. The van der Waals surface area contributed by atoms with Gasteiger partial charge in [0, 0.05) is 43.9 Å². The van der Waals surface area contributed by atoms with E-state index in [4.69, 9.17) is 4.74 Å². The molecule has 0 aliphatic heterocycles. The predicted octanol–water partition coefficient (Wildman–Crippen LogP) is 3.09. The summed E-state index contributed by atoms with van der Waals surface area (Å²) in [5.41, 5.74) is 1.61. The molecule has 0 bridgehead atoms. The van der Waals surface area contributed by atoms with Crippen LogP contribution in [0.15, 0.2) is 60.0 Å². The van der Waals surface area contributed by atoms with Crippen LogP contribution in [0.3, 0.4) is 0 Å². The van der Waals surface area contributed by atoms with Gasteiger partial charge in [-0.25, -0.2) is 13.4 Å². The number of hydrogen-bond acceptors (Lipinski definition) is 5. The number of sulfonamides is 1. The average Bonchev–Trinajstić information content (AvgIpc) is 3.12. The van der Waals surface area contributed by atoms with Gasteiger partial charge in [0.15, 0.2) is 0 Å². The summed E-state index contributed by atoms with van der Waals surface area (Å²) in [6, 6.07) is 8.87. The summed E-state index contributed by atoms with van der Waals surface area (Å²) >= 11 is 0. The normalized spacial score (nSPS) is 11.7. The summed E-state index contributed by atoms with van der Waals surface area (Å²) in [4.78, 5) is 8.53. The lowest BCUT2D eigenvalue weighted by Crippen LogP contribution is -2.32. The Morgan fingerprint density at radius 1 is 1.18 bits per heavy atom. The topological polar surface area (TPSA) is 77.3 Å². The van der Waals surface area contributed by atoms with Crippen molar-refractivity contribution in [1.29, 1.82) is 0 Å². The number of methoxy groups -OCH3 is 1. The van der Waals surface area contributed by atoms with E-state index in [9.17, 15) is 8.42 Å². The van der Waals surface area contributed by atoms with E-state index in [1.54, 1.807) is 36.9 Å². The van der Waals surface area contributed by atoms with Gasteiger partial charge in [0.2, 0.25) is 10.0 Å². The maximum Gasteiger partial charge on any atom is 0.247 e. The van der Waals surface area contributed by atoms with Gasteiger partial charge in [0.05, 0.1) is 13.7 Å². The molecule has 8 heteroatoms. The number of pyridine rings is 1. The molecule has 0 saturated carbocycles. The van der Waals surface area contributed by atoms with E-state index in [0.29, 0.717) is 24.5 Å². The molecular formula is C20H24N4O3S. The van der Waals surface area contributed by atoms with E-state index in [0.717, 1.165) is 11.1 Å². The Hall–Kier alpha value is -2.71. The Labute approximate surface area is 165 Å². The zero-order valence-corrected chi connectivity index (χ0v) is 17.1. The van der Waals surface area contributed by atoms with E-state index in [-0.39, 0.29) is 11.4 Å². The molecule has 148 valence electrons. The van der Waals surface area contributed by atoms with Gasteiger partial charge < -0.3 is 9.30 Å². The molecule has 0 aliphatic carbocycles. The smallest absolute Gasteiger partial charge is 0.247 e. The highest BCUT2D eigenvalue weighted by Crippen LogP contribution is 2.32. The highest BCUT2D eigenvalue weighted by molar-refractivity contribution is 7.89. The van der Waals surface area contributed by atoms with Crippen LogP contribution >= 0.6 is 0 Å². The Morgan fingerprint density at radius 3 is 2.61 bits per heavy atom. The first-order valence-corrected chi connectivity index (χ1v) is 10.5. The molecule has 7 nitrogen and oxygen atoms in total. The van der Waals surface area contributed by atoms with Crippen molar-refractivity contribution in [3.63, 3.8) is 0 Å². The van der Waals surface area contributed by atoms with Crippen LogP contribution in [0.2, 0.25) is 0 Å². The third-order valence-electron chi connectivity index (χ3n) is 4.49. The number of ether oxygens (including phenoxy) is 1. The molecule has 0 radical (unpaired) electrons. The average molecular weight is 401 g/mol. The van der Waals surface area contributed by atoms with Gasteiger partial charge in [-0.2, -0.15) is 4.31 Å². The van der Waals surface area contributed by atoms with Crippen molar-refractivity contribution in [2.75, 3.05) is 13.7 Å². The van der Waals surface area contributed by atoms with Crippen LogP contribution in [0, 0.1) is 0 Å². The Balaban J connectivity index is 2.06. The molecule has 2 aromatic heterocycles. The van der Waals surface area contributed by atoms with E-state index < -0.39 is 10.0 Å². The Morgan fingerprint density at radius 2 is 2.00 bits per heavy atom. The second kappa shape index (κ2) is 8.53. The fraction of sp³-hybridized carbons (Fsp3) is 0.300. The summed E-state index contributed by atoms with van der Waals surface area (Å²) in [6.45, 7) is 2.53. The largest absolute Gasteiger partial charge is 0.495 e. The minimum Gasteiger partial charge on any atom is -0.495 e. The van der Waals surface area contributed by atoms with Crippen LogP contribution in [0.1, 0.15) is 19.2 Å². The second-order valence-electron chi connectivity index (χ2n) is 6.40. The molecule has 0 atom stereocenters. The van der Waals surface area contributed by atoms with Gasteiger partial charge in [-0.1, -0.05) is 19.1 Å². The first kappa shape index (κ1) is 20.0. The lowest BCUT2D eigenvalue weighted by atomic mass is 10.1. The molecule has 0 saturated heterocycles. The highest BCUT2D eigenvalue weighted by Gasteiger charge is 2.29. The van der Waals surface area contributed by atoms with Crippen LogP contribution < -0.4 is 4.74 Å². The van der Waals surface area contributed by atoms with Gasteiger partial charge in [-0.05, 0) is 30.2 Å². The van der Waals surface area contributed by atoms with Crippen molar-refractivity contribution in [3.05, 3.63) is 60.9 Å². The third-order valence-corrected chi connectivity index (χ3v) is 6.35. The molecule has 0 aliphatic rings. The highest BCUT2D eigenvalue weighted by atomic mass is 32.2. The molecule has 0 spiro atoms. The van der Waals surface area contributed by atoms with Crippen LogP contribution in [-0.2, 0) is 23.6 Å². The SMILES string of the molecule is CCCN(Cc1nccn1C)S(=O)(=O)c1cc(-c2cccnc2)ccc1OC. The van der Waals surface area contributed by atoms with E-state index in [2.05, 4.69) is 9.97 Å². The van der Waals surface area contributed by atoms with Gasteiger partial charge >= 0.3 is 0 Å². The van der Waals surface area contributed by atoms with Crippen molar-refractivity contribution >= 4 is 10.0 Å². The van der Waals surface area contributed by atoms with Crippen molar-refractivity contribution in [2.45, 2.75) is 24.8 Å². The third kappa shape index (κ3) is 4.07. The van der Waals surface area contributed by atoms with Crippen LogP contribution in [0.25, 0.3) is 11.1 Å². The molecule has 0 N–H and O–H groups in total. The molecule has 3 aromatic rings. The Kier molecular flexibility index (Phi) is 6.11. The van der Waals surface area contributed by atoms with E-state index in [1.807, 2.05) is 36.7 Å². The van der Waals surface area contributed by atoms with Crippen molar-refractivity contribution in [2.24, 2.45) is 7.05 Å². The quantitative estimate of drug-likeness (QED) is 0.581. The maximum absolute atomic E-state index is 13.5. The summed E-state index contributed by atoms with van der Waals surface area (Å²) in [5.74, 6) is 0.994. The number of aromatic nitrogens is 3. The minimum absolute atomic E-state index is 0.138. The summed E-state index contributed by atoms with van der Waals surface area (Å²) in [6.07, 6.45) is 7.54. The Bertz CT molecular complexity index is 1030. The first-order valence-electron chi connectivity index (χ1n) is 9.02. The fourth-order valence-corrected chi connectivity index (χ4v) is 4.64. The minimum atomic E-state index is -3.79. The molecule has 2 heterocycles. The maximum atomic E-state index is 13.5. The van der Waals surface area contributed by atoms with Crippen molar-refractivity contribution in [3.8, 4) is 16.9 Å². The molecule has 28 heavy (non-hydrogen) atoms. The molecule has 0 fully saturated rings. The van der Waals surface area contributed by atoms with Crippen molar-refractivity contribution < 1.29 is 13.2 Å². The number of benzene rings is 1. The van der Waals surface area contributed by atoms with E-state index in [1.165, 1.54) is 11.4 Å². The molecule has 3 rings (SSSR count). The predicted molar refractivity (Wildman–Crippen MR) is 107 cm³/mol. The summed E-state index contributed by atoms with van der Waals surface area (Å²) in [7, 11) is -0.472. The summed E-state index contributed by atoms with van der Waals surface area (Å²) < 4.78 is 35.7. The zero-order chi connectivity index (χ0) is 20.1. The molecular weight excluding hydrogens is 376 g/mol. The number of hydrogen-bond donors (Lipinski definition) is 0. The first-order chi connectivity index (χ1) is 13.5. The van der Waals surface area contributed by atoms with E-state index >= 15 is 0 Å². The zero-order valence-electron chi connectivity index (χ0n) is 16.2. The van der Waals surface area contributed by atoms with Crippen molar-refractivity contribution in [1.82, 2.24) is 18.8 Å². The second-order valence-corrected chi connectivity index (χ2v) is 8.31. The van der Waals surface area contributed by atoms with Crippen LogP contribution in [-0.4, -0.2) is 40.9 Å². The molecule has 1 aromatic carbocycles. The number of aryl methyl sites for hydroxylation is 1. The van der Waals surface area contributed by atoms with Gasteiger partial charge in [-0.3, -0.25) is 4.98 Å². The lowest BCUT2D eigenvalue weighted by molar-refractivity contribution is 0.379. The lowest BCUT2D eigenvalue weighted by Gasteiger charge is -2.23. The number of rotatable bonds is 8. The van der Waals surface area contributed by atoms with Crippen LogP contribution in [0.4, 0.5) is 0 Å². The number of nitrogens with zero attached hydrogens (tertiary/aromatic N) is 4. The molecule has 0 unspecified atom stereocenters. The van der Waals surface area contributed by atoms with Gasteiger partial charge in [0.25, 0.3) is 0 Å². The van der Waals surface area contributed by atoms with Crippen LogP contribution in [0.5, 0.6) is 5.75 Å². The summed E-state index contributed by atoms with van der Waals surface area (Å²) in [5, 5.41) is 0. The molecule has 0 amide bonds. The monoisotopic (exact) mass is 400 g/mol. The van der Waals surface area contributed by atoms with Gasteiger partial charge in [0.1, 0.15) is 16.5 Å². The number of imidazole rings is 1.